The van der Waals surface area contributed by atoms with Crippen molar-refractivity contribution in [1.29, 1.82) is 0 Å². The van der Waals surface area contributed by atoms with E-state index in [9.17, 15) is 4.79 Å². The molecular formula is C10H16N2O2. The Kier molecular flexibility index (Phi) is 2.56. The molecule has 2 atom stereocenters. The molecule has 1 N–H and O–H groups in total. The van der Waals surface area contributed by atoms with Crippen LogP contribution in [0, 0.1) is 11.8 Å². The van der Waals surface area contributed by atoms with E-state index in [1.54, 1.807) is 7.05 Å². The van der Waals surface area contributed by atoms with Gasteiger partial charge in [-0.25, -0.2) is 5.06 Å². The molecular weight excluding hydrogens is 180 g/mol. The van der Waals surface area contributed by atoms with Crippen molar-refractivity contribution in [2.24, 2.45) is 11.8 Å². The molecule has 0 aromatic rings. The third-order valence-electron chi connectivity index (χ3n) is 3.12. The van der Waals surface area contributed by atoms with E-state index in [2.05, 4.69) is 11.4 Å². The molecule has 2 aliphatic rings. The van der Waals surface area contributed by atoms with E-state index in [4.69, 9.17) is 4.84 Å². The van der Waals surface area contributed by atoms with Gasteiger partial charge in [0.15, 0.2) is 0 Å². The number of likely N-dealkylation sites (N-methyl/N-ethyl adjacent to an activating group) is 1. The quantitative estimate of drug-likeness (QED) is 0.640. The minimum Gasteiger partial charge on any atom is -0.316 e. The highest BCUT2D eigenvalue weighted by Gasteiger charge is 2.34. The van der Waals surface area contributed by atoms with Crippen molar-refractivity contribution in [3.63, 3.8) is 0 Å². The van der Waals surface area contributed by atoms with Gasteiger partial charge in [-0.1, -0.05) is 6.08 Å². The first-order valence-electron chi connectivity index (χ1n) is 4.96. The predicted molar refractivity (Wildman–Crippen MR) is 52.3 cm³/mol. The predicted octanol–water partition coefficient (Wildman–Crippen LogP) is 0.172. The second-order valence-corrected chi connectivity index (χ2v) is 3.96. The summed E-state index contributed by atoms with van der Waals surface area (Å²) in [5.74, 6) is 1.18. The number of amides is 1. The van der Waals surface area contributed by atoms with Crippen molar-refractivity contribution in [3.8, 4) is 0 Å². The van der Waals surface area contributed by atoms with Crippen LogP contribution in [0.3, 0.4) is 0 Å². The number of hydrogen-bond acceptors (Lipinski definition) is 3. The van der Waals surface area contributed by atoms with Gasteiger partial charge in [0.2, 0.25) is 0 Å². The Labute approximate surface area is 83.9 Å². The standard InChI is InChI=1S/C10H16N2O2/c1-12(14-2)10(13)7-3-8-5-11-6-9(8)4-7/h3,8-9,11H,4-6H2,1-2H3. The van der Waals surface area contributed by atoms with Gasteiger partial charge in [0.1, 0.15) is 0 Å². The molecule has 4 heteroatoms. The summed E-state index contributed by atoms with van der Waals surface area (Å²) in [6, 6.07) is 0. The van der Waals surface area contributed by atoms with Gasteiger partial charge < -0.3 is 5.32 Å². The normalized spacial score (nSPS) is 30.0. The van der Waals surface area contributed by atoms with E-state index in [0.717, 1.165) is 25.1 Å². The Hall–Kier alpha value is -0.870. The van der Waals surface area contributed by atoms with E-state index in [1.165, 1.54) is 12.2 Å². The van der Waals surface area contributed by atoms with Crippen LogP contribution >= 0.6 is 0 Å². The number of nitrogens with zero attached hydrogens (tertiary/aromatic N) is 1. The molecule has 78 valence electrons. The van der Waals surface area contributed by atoms with Crippen molar-refractivity contribution in [3.05, 3.63) is 11.6 Å². The van der Waals surface area contributed by atoms with Gasteiger partial charge >= 0.3 is 0 Å². The lowest BCUT2D eigenvalue weighted by molar-refractivity contribution is -0.164. The highest BCUT2D eigenvalue weighted by Crippen LogP contribution is 2.33. The van der Waals surface area contributed by atoms with Crippen LogP contribution in [0.1, 0.15) is 6.42 Å². The summed E-state index contributed by atoms with van der Waals surface area (Å²) in [4.78, 5) is 16.6. The molecule has 14 heavy (non-hydrogen) atoms. The maximum Gasteiger partial charge on any atom is 0.272 e. The van der Waals surface area contributed by atoms with Crippen LogP contribution in [0.15, 0.2) is 11.6 Å². The molecule has 1 aliphatic carbocycles. The molecule has 0 radical (unpaired) electrons. The molecule has 0 bridgehead atoms. The lowest BCUT2D eigenvalue weighted by Gasteiger charge is -2.14. The van der Waals surface area contributed by atoms with Crippen molar-refractivity contribution in [2.75, 3.05) is 27.2 Å². The highest BCUT2D eigenvalue weighted by atomic mass is 16.7. The molecule has 2 rings (SSSR count). The van der Waals surface area contributed by atoms with Gasteiger partial charge in [-0.15, -0.1) is 0 Å². The second-order valence-electron chi connectivity index (χ2n) is 3.96. The Balaban J connectivity index is 2.03. The summed E-state index contributed by atoms with van der Waals surface area (Å²) in [6.07, 6.45) is 2.99. The Morgan fingerprint density at radius 3 is 3.07 bits per heavy atom. The number of rotatable bonds is 2. The number of carbonyl (C=O) groups excluding carboxylic acids is 1. The van der Waals surface area contributed by atoms with Gasteiger partial charge in [-0.2, -0.15) is 0 Å². The molecule has 1 amide bonds. The van der Waals surface area contributed by atoms with E-state index in [0.29, 0.717) is 11.8 Å². The molecule has 2 unspecified atom stereocenters. The number of hydroxylamine groups is 2. The minimum absolute atomic E-state index is 0.00176. The zero-order chi connectivity index (χ0) is 10.1. The summed E-state index contributed by atoms with van der Waals surface area (Å²) in [5, 5.41) is 4.62. The second kappa shape index (κ2) is 3.71. The maximum absolute atomic E-state index is 11.7. The lowest BCUT2D eigenvalue weighted by Crippen LogP contribution is -2.27. The molecule has 0 saturated carbocycles. The van der Waals surface area contributed by atoms with Crippen LogP contribution < -0.4 is 5.32 Å². The fourth-order valence-electron chi connectivity index (χ4n) is 2.22. The Bertz CT molecular complexity index is 275. The van der Waals surface area contributed by atoms with E-state index in [-0.39, 0.29) is 5.91 Å². The van der Waals surface area contributed by atoms with Gasteiger partial charge in [0.05, 0.1) is 7.11 Å². The lowest BCUT2D eigenvalue weighted by atomic mass is 10.00. The number of nitrogens with one attached hydrogen (secondary N) is 1. The Morgan fingerprint density at radius 2 is 2.43 bits per heavy atom. The highest BCUT2D eigenvalue weighted by molar-refractivity contribution is 5.93. The summed E-state index contributed by atoms with van der Waals surface area (Å²) in [7, 11) is 3.16. The number of fused-ring (bicyclic) bond motifs is 1. The maximum atomic E-state index is 11.7. The summed E-state index contributed by atoms with van der Waals surface area (Å²) < 4.78 is 0. The fraction of sp³-hybridized carbons (Fsp3) is 0.700. The largest absolute Gasteiger partial charge is 0.316 e. The third kappa shape index (κ3) is 1.55. The number of hydrogen-bond donors (Lipinski definition) is 1. The first kappa shape index (κ1) is 9.68. The van der Waals surface area contributed by atoms with Crippen LogP contribution in [0.2, 0.25) is 0 Å². The van der Waals surface area contributed by atoms with Gasteiger partial charge in [-0.05, 0) is 24.8 Å². The van der Waals surface area contributed by atoms with Gasteiger partial charge in [0.25, 0.3) is 5.91 Å². The van der Waals surface area contributed by atoms with Gasteiger partial charge in [0, 0.05) is 19.2 Å². The molecule has 0 aromatic carbocycles. The van der Waals surface area contributed by atoms with E-state index in [1.807, 2.05) is 0 Å². The van der Waals surface area contributed by atoms with Crippen LogP contribution in [0.4, 0.5) is 0 Å². The first-order chi connectivity index (χ1) is 6.72. The minimum atomic E-state index is 0.00176. The van der Waals surface area contributed by atoms with Crippen LogP contribution in [0.5, 0.6) is 0 Å². The monoisotopic (exact) mass is 196 g/mol. The smallest absolute Gasteiger partial charge is 0.272 e. The zero-order valence-electron chi connectivity index (χ0n) is 8.62. The molecule has 4 nitrogen and oxygen atoms in total. The molecule has 1 fully saturated rings. The van der Waals surface area contributed by atoms with Gasteiger partial charge in [-0.3, -0.25) is 9.63 Å². The SMILES string of the molecule is CON(C)C(=O)C1=CC2CNCC2C1. The number of carbonyl (C=O) groups is 1. The van der Waals surface area contributed by atoms with Crippen LogP contribution in [-0.2, 0) is 9.63 Å². The molecule has 1 heterocycles. The van der Waals surface area contributed by atoms with Crippen molar-refractivity contribution >= 4 is 5.91 Å². The fourth-order valence-corrected chi connectivity index (χ4v) is 2.22. The van der Waals surface area contributed by atoms with Crippen molar-refractivity contribution in [1.82, 2.24) is 10.4 Å². The summed E-state index contributed by atoms with van der Waals surface area (Å²) >= 11 is 0. The average Bonchev–Trinajstić information content (AvgIpc) is 2.74. The first-order valence-corrected chi connectivity index (χ1v) is 4.96. The summed E-state index contributed by atoms with van der Waals surface area (Å²) in [6.45, 7) is 2.05. The summed E-state index contributed by atoms with van der Waals surface area (Å²) in [5.41, 5.74) is 0.908. The molecule has 1 saturated heterocycles. The average molecular weight is 196 g/mol. The topological polar surface area (TPSA) is 41.6 Å². The Morgan fingerprint density at radius 1 is 1.64 bits per heavy atom. The molecule has 0 aromatic heterocycles. The zero-order valence-corrected chi connectivity index (χ0v) is 8.62. The van der Waals surface area contributed by atoms with Crippen LogP contribution in [0.25, 0.3) is 0 Å². The van der Waals surface area contributed by atoms with Crippen molar-refractivity contribution in [2.45, 2.75) is 6.42 Å². The van der Waals surface area contributed by atoms with E-state index >= 15 is 0 Å². The van der Waals surface area contributed by atoms with Crippen molar-refractivity contribution < 1.29 is 9.63 Å². The third-order valence-corrected chi connectivity index (χ3v) is 3.12. The molecule has 1 aliphatic heterocycles. The van der Waals surface area contributed by atoms with E-state index < -0.39 is 0 Å². The van der Waals surface area contributed by atoms with Crippen LogP contribution in [-0.4, -0.2) is 38.2 Å². The molecule has 0 spiro atoms.